The largest absolute Gasteiger partial charge is 0.376 e. The molecular formula is C11H15NO2. The van der Waals surface area contributed by atoms with Gasteiger partial charge in [0, 0.05) is 29.8 Å². The van der Waals surface area contributed by atoms with E-state index in [-0.39, 0.29) is 5.78 Å². The molecule has 0 spiro atoms. The van der Waals surface area contributed by atoms with Gasteiger partial charge in [0.2, 0.25) is 0 Å². The molecule has 0 bridgehead atoms. The molecule has 3 heteroatoms. The van der Waals surface area contributed by atoms with Crippen molar-refractivity contribution >= 4 is 5.78 Å². The Morgan fingerprint density at radius 3 is 3.07 bits per heavy atom. The van der Waals surface area contributed by atoms with E-state index in [1.807, 2.05) is 6.92 Å². The zero-order chi connectivity index (χ0) is 10.1. The number of aromatic nitrogens is 1. The van der Waals surface area contributed by atoms with Crippen molar-refractivity contribution in [2.45, 2.75) is 33.3 Å². The van der Waals surface area contributed by atoms with Gasteiger partial charge in [0.05, 0.1) is 13.2 Å². The van der Waals surface area contributed by atoms with Crippen LogP contribution in [0.2, 0.25) is 0 Å². The molecule has 0 radical (unpaired) electrons. The first-order chi connectivity index (χ1) is 6.68. The van der Waals surface area contributed by atoms with Gasteiger partial charge >= 0.3 is 0 Å². The van der Waals surface area contributed by atoms with Crippen LogP contribution in [0.15, 0.2) is 0 Å². The number of aromatic amines is 1. The fraction of sp³-hybridized carbons (Fsp3) is 0.545. The number of carbonyl (C=O) groups is 1. The monoisotopic (exact) mass is 193 g/mol. The molecule has 2 heterocycles. The zero-order valence-electron chi connectivity index (χ0n) is 8.64. The van der Waals surface area contributed by atoms with Crippen molar-refractivity contribution in [3.8, 4) is 0 Å². The van der Waals surface area contributed by atoms with E-state index in [4.69, 9.17) is 4.74 Å². The van der Waals surface area contributed by atoms with Crippen LogP contribution in [0, 0.1) is 6.92 Å². The van der Waals surface area contributed by atoms with Gasteiger partial charge in [-0.2, -0.15) is 0 Å². The van der Waals surface area contributed by atoms with Crippen LogP contribution >= 0.6 is 0 Å². The van der Waals surface area contributed by atoms with E-state index in [2.05, 4.69) is 4.98 Å². The third kappa shape index (κ3) is 1.60. The quantitative estimate of drug-likeness (QED) is 0.773. The van der Waals surface area contributed by atoms with Crippen LogP contribution in [-0.4, -0.2) is 17.4 Å². The van der Waals surface area contributed by atoms with Gasteiger partial charge in [-0.05, 0) is 19.4 Å². The summed E-state index contributed by atoms with van der Waals surface area (Å²) in [6.45, 7) is 5.09. The van der Waals surface area contributed by atoms with Crippen LogP contribution in [-0.2, 0) is 29.0 Å². The number of fused-ring (bicyclic) bond motifs is 1. The zero-order valence-corrected chi connectivity index (χ0v) is 8.64. The van der Waals surface area contributed by atoms with Crippen molar-refractivity contribution in [2.24, 2.45) is 0 Å². The number of rotatable bonds is 2. The van der Waals surface area contributed by atoms with Crippen molar-refractivity contribution < 1.29 is 9.53 Å². The third-order valence-electron chi connectivity index (χ3n) is 2.69. The molecule has 1 aromatic heterocycles. The molecule has 0 saturated carbocycles. The molecule has 0 amide bonds. The SMILES string of the molecule is CC(=O)Cc1c(C)[nH]c2c1COCC2. The normalized spacial score (nSPS) is 15.3. The van der Waals surface area contributed by atoms with Crippen molar-refractivity contribution in [1.82, 2.24) is 4.98 Å². The van der Waals surface area contributed by atoms with Crippen LogP contribution in [0.1, 0.15) is 29.4 Å². The van der Waals surface area contributed by atoms with E-state index in [1.165, 1.54) is 11.3 Å². The first-order valence-corrected chi connectivity index (χ1v) is 4.95. The van der Waals surface area contributed by atoms with Crippen LogP contribution < -0.4 is 0 Å². The number of hydrogen-bond acceptors (Lipinski definition) is 2. The lowest BCUT2D eigenvalue weighted by Gasteiger charge is -2.13. The van der Waals surface area contributed by atoms with E-state index < -0.39 is 0 Å². The highest BCUT2D eigenvalue weighted by Crippen LogP contribution is 2.24. The smallest absolute Gasteiger partial charge is 0.134 e. The van der Waals surface area contributed by atoms with Crippen molar-refractivity contribution in [3.63, 3.8) is 0 Å². The molecule has 76 valence electrons. The second kappa shape index (κ2) is 3.58. The fourth-order valence-corrected chi connectivity index (χ4v) is 2.01. The molecule has 0 saturated heterocycles. The molecule has 1 aromatic rings. The highest BCUT2D eigenvalue weighted by molar-refractivity contribution is 5.79. The molecule has 14 heavy (non-hydrogen) atoms. The van der Waals surface area contributed by atoms with Gasteiger partial charge in [0.25, 0.3) is 0 Å². The van der Waals surface area contributed by atoms with Crippen molar-refractivity contribution in [1.29, 1.82) is 0 Å². The minimum absolute atomic E-state index is 0.209. The molecule has 0 atom stereocenters. The first-order valence-electron chi connectivity index (χ1n) is 4.95. The maximum atomic E-state index is 11.1. The van der Waals surface area contributed by atoms with Crippen molar-refractivity contribution in [2.75, 3.05) is 6.61 Å². The van der Waals surface area contributed by atoms with Gasteiger partial charge in [-0.25, -0.2) is 0 Å². The Balaban J connectivity index is 2.37. The number of ketones is 1. The summed E-state index contributed by atoms with van der Waals surface area (Å²) in [7, 11) is 0. The van der Waals surface area contributed by atoms with Gasteiger partial charge in [-0.1, -0.05) is 0 Å². The Hall–Kier alpha value is -1.09. The second-order valence-corrected chi connectivity index (χ2v) is 3.87. The number of nitrogens with one attached hydrogen (secondary N) is 1. The minimum Gasteiger partial charge on any atom is -0.376 e. The summed E-state index contributed by atoms with van der Waals surface area (Å²) in [5, 5.41) is 0. The fourth-order valence-electron chi connectivity index (χ4n) is 2.01. The van der Waals surface area contributed by atoms with E-state index >= 15 is 0 Å². The highest BCUT2D eigenvalue weighted by Gasteiger charge is 2.18. The predicted octanol–water partition coefficient (Wildman–Crippen LogP) is 1.53. The Bertz CT molecular complexity index is 366. The summed E-state index contributed by atoms with van der Waals surface area (Å²) in [6.07, 6.45) is 1.47. The van der Waals surface area contributed by atoms with Gasteiger partial charge in [-0.3, -0.25) is 4.79 Å². The molecule has 1 N–H and O–H groups in total. The van der Waals surface area contributed by atoms with Gasteiger partial charge in [0.15, 0.2) is 0 Å². The van der Waals surface area contributed by atoms with Crippen molar-refractivity contribution in [3.05, 3.63) is 22.5 Å². The summed E-state index contributed by atoms with van der Waals surface area (Å²) in [5.41, 5.74) is 4.73. The molecular weight excluding hydrogens is 178 g/mol. The van der Waals surface area contributed by atoms with E-state index in [1.54, 1.807) is 6.92 Å². The molecule has 2 rings (SSSR count). The molecule has 0 unspecified atom stereocenters. The number of ether oxygens (including phenoxy) is 1. The molecule has 0 fully saturated rings. The third-order valence-corrected chi connectivity index (χ3v) is 2.69. The van der Waals surface area contributed by atoms with Crippen LogP contribution in [0.4, 0.5) is 0 Å². The molecule has 1 aliphatic rings. The summed E-state index contributed by atoms with van der Waals surface area (Å²) in [4.78, 5) is 14.4. The molecule has 1 aliphatic heterocycles. The number of Topliss-reactive ketones (excluding diaryl/α,β-unsaturated/α-hetero) is 1. The number of H-pyrrole nitrogens is 1. The van der Waals surface area contributed by atoms with E-state index in [0.29, 0.717) is 13.0 Å². The Kier molecular flexibility index (Phi) is 2.42. The Labute approximate surface area is 83.5 Å². The van der Waals surface area contributed by atoms with Crippen LogP contribution in [0.25, 0.3) is 0 Å². The Morgan fingerprint density at radius 2 is 2.36 bits per heavy atom. The molecule has 3 nitrogen and oxygen atoms in total. The van der Waals surface area contributed by atoms with E-state index in [0.717, 1.165) is 24.3 Å². The molecule has 0 aromatic carbocycles. The van der Waals surface area contributed by atoms with Gasteiger partial charge in [0.1, 0.15) is 5.78 Å². The Morgan fingerprint density at radius 1 is 1.57 bits per heavy atom. The summed E-state index contributed by atoms with van der Waals surface area (Å²) < 4.78 is 5.40. The lowest BCUT2D eigenvalue weighted by molar-refractivity contribution is -0.116. The standard InChI is InChI=1S/C11H15NO2/c1-7(13)5-9-8(2)12-11-3-4-14-6-10(9)11/h12H,3-6H2,1-2H3. The topological polar surface area (TPSA) is 42.1 Å². The maximum Gasteiger partial charge on any atom is 0.134 e. The summed E-state index contributed by atoms with van der Waals surface area (Å²) in [5.74, 6) is 0.209. The van der Waals surface area contributed by atoms with Gasteiger partial charge in [-0.15, -0.1) is 0 Å². The second-order valence-electron chi connectivity index (χ2n) is 3.87. The number of aryl methyl sites for hydroxylation is 1. The summed E-state index contributed by atoms with van der Waals surface area (Å²) in [6, 6.07) is 0. The average Bonchev–Trinajstić information content (AvgIpc) is 2.43. The predicted molar refractivity (Wildman–Crippen MR) is 53.3 cm³/mol. The van der Waals surface area contributed by atoms with Crippen LogP contribution in [0.5, 0.6) is 0 Å². The van der Waals surface area contributed by atoms with E-state index in [9.17, 15) is 4.79 Å². The molecule has 0 aliphatic carbocycles. The highest BCUT2D eigenvalue weighted by atomic mass is 16.5. The minimum atomic E-state index is 0.209. The summed E-state index contributed by atoms with van der Waals surface area (Å²) >= 11 is 0. The number of hydrogen-bond donors (Lipinski definition) is 1. The lowest BCUT2D eigenvalue weighted by Crippen LogP contribution is -2.10. The average molecular weight is 193 g/mol. The van der Waals surface area contributed by atoms with Gasteiger partial charge < -0.3 is 9.72 Å². The lowest BCUT2D eigenvalue weighted by atomic mass is 10.0. The van der Waals surface area contributed by atoms with Crippen LogP contribution in [0.3, 0.4) is 0 Å². The maximum absolute atomic E-state index is 11.1. The number of carbonyl (C=O) groups excluding carboxylic acids is 1. The first kappa shape index (κ1) is 9.46.